The number of nitrogens with zero attached hydrogens (tertiary/aromatic N) is 2. The Kier molecular flexibility index (Phi) is 6.12. The smallest absolute Gasteiger partial charge is 0.243 e. The second-order valence-electron chi connectivity index (χ2n) is 8.79. The molecule has 1 aromatic heterocycles. The van der Waals surface area contributed by atoms with E-state index in [1.807, 2.05) is 30.3 Å². The van der Waals surface area contributed by atoms with Gasteiger partial charge in [0.05, 0.1) is 21.8 Å². The van der Waals surface area contributed by atoms with Crippen molar-refractivity contribution in [2.24, 2.45) is 5.92 Å². The molecule has 3 aromatic carbocycles. The van der Waals surface area contributed by atoms with Gasteiger partial charge in [0.25, 0.3) is 0 Å². The Morgan fingerprint density at radius 1 is 1.11 bits per heavy atom. The number of halogens is 1. The minimum absolute atomic E-state index is 0.0682. The Labute approximate surface area is 203 Å². The Morgan fingerprint density at radius 2 is 1.91 bits per heavy atom. The van der Waals surface area contributed by atoms with Crippen LogP contribution in [0.4, 0.5) is 10.1 Å². The number of aromatic amines is 1. The number of imidazole rings is 1. The molecule has 7 nitrogen and oxygen atoms in total. The minimum Gasteiger partial charge on any atom is -0.338 e. The van der Waals surface area contributed by atoms with Crippen LogP contribution in [-0.4, -0.2) is 41.7 Å². The van der Waals surface area contributed by atoms with Gasteiger partial charge in [-0.05, 0) is 55.7 Å². The van der Waals surface area contributed by atoms with E-state index in [9.17, 15) is 17.6 Å². The fourth-order valence-corrected chi connectivity index (χ4v) is 5.87. The van der Waals surface area contributed by atoms with Crippen LogP contribution in [0.1, 0.15) is 18.4 Å². The summed E-state index contributed by atoms with van der Waals surface area (Å²) in [4.78, 5) is 20.7. The van der Waals surface area contributed by atoms with E-state index < -0.39 is 21.8 Å². The van der Waals surface area contributed by atoms with Gasteiger partial charge >= 0.3 is 0 Å². The van der Waals surface area contributed by atoms with Crippen molar-refractivity contribution in [2.75, 3.05) is 18.4 Å². The fraction of sp³-hybridized carbons (Fsp3) is 0.231. The lowest BCUT2D eigenvalue weighted by Gasteiger charge is -2.31. The van der Waals surface area contributed by atoms with Crippen molar-refractivity contribution in [3.63, 3.8) is 0 Å². The third kappa shape index (κ3) is 4.69. The van der Waals surface area contributed by atoms with E-state index in [1.165, 1.54) is 10.4 Å². The van der Waals surface area contributed by atoms with Crippen LogP contribution in [0.2, 0.25) is 0 Å². The van der Waals surface area contributed by atoms with Crippen molar-refractivity contribution in [1.29, 1.82) is 0 Å². The molecule has 1 aliphatic rings. The molecule has 35 heavy (non-hydrogen) atoms. The summed E-state index contributed by atoms with van der Waals surface area (Å²) in [5, 5.41) is 2.72. The zero-order valence-corrected chi connectivity index (χ0v) is 20.0. The van der Waals surface area contributed by atoms with Gasteiger partial charge in [0.1, 0.15) is 11.6 Å². The Bertz CT molecular complexity index is 1500. The number of carbonyl (C=O) groups is 1. The molecule has 4 aromatic rings. The molecular weight excluding hydrogens is 467 g/mol. The van der Waals surface area contributed by atoms with Gasteiger partial charge < -0.3 is 10.3 Å². The highest BCUT2D eigenvalue weighted by Gasteiger charge is 2.33. The number of nitrogens with one attached hydrogen (secondary N) is 2. The first-order valence-corrected chi connectivity index (χ1v) is 12.9. The average molecular weight is 493 g/mol. The number of hydrogen-bond acceptors (Lipinski definition) is 4. The minimum atomic E-state index is -3.81. The van der Waals surface area contributed by atoms with Crippen molar-refractivity contribution in [3.8, 4) is 11.4 Å². The van der Waals surface area contributed by atoms with E-state index in [-0.39, 0.29) is 17.3 Å². The Balaban J connectivity index is 1.34. The summed E-state index contributed by atoms with van der Waals surface area (Å²) in [5.74, 6) is -0.578. The maximum atomic E-state index is 13.8. The number of piperidine rings is 1. The van der Waals surface area contributed by atoms with Gasteiger partial charge in [-0.3, -0.25) is 4.79 Å². The van der Waals surface area contributed by atoms with Gasteiger partial charge in [0.2, 0.25) is 15.9 Å². The predicted molar refractivity (Wildman–Crippen MR) is 133 cm³/mol. The number of amides is 1. The number of hydrogen-bond donors (Lipinski definition) is 2. The fourth-order valence-electron chi connectivity index (χ4n) is 4.32. The summed E-state index contributed by atoms with van der Waals surface area (Å²) in [6.07, 6.45) is 1.12. The van der Waals surface area contributed by atoms with Crippen molar-refractivity contribution in [1.82, 2.24) is 14.3 Å². The van der Waals surface area contributed by atoms with Crippen molar-refractivity contribution in [2.45, 2.75) is 24.7 Å². The van der Waals surface area contributed by atoms with E-state index in [1.54, 1.807) is 37.3 Å². The number of anilines is 1. The summed E-state index contributed by atoms with van der Waals surface area (Å²) in [5.41, 5.74) is 3.05. The lowest BCUT2D eigenvalue weighted by atomic mass is 9.98. The largest absolute Gasteiger partial charge is 0.338 e. The lowest BCUT2D eigenvalue weighted by molar-refractivity contribution is -0.120. The monoisotopic (exact) mass is 492 g/mol. The predicted octanol–water partition coefficient (Wildman–Crippen LogP) is 4.72. The first-order chi connectivity index (χ1) is 16.8. The number of H-pyrrole nitrogens is 1. The van der Waals surface area contributed by atoms with Crippen LogP contribution < -0.4 is 5.32 Å². The Morgan fingerprint density at radius 3 is 2.69 bits per heavy atom. The summed E-state index contributed by atoms with van der Waals surface area (Å²) < 4.78 is 42.0. The molecule has 1 saturated heterocycles. The molecule has 1 amide bonds. The lowest BCUT2D eigenvalue weighted by Crippen LogP contribution is -2.43. The van der Waals surface area contributed by atoms with Crippen molar-refractivity contribution < 1.29 is 17.6 Å². The van der Waals surface area contributed by atoms with E-state index in [0.29, 0.717) is 47.5 Å². The first kappa shape index (κ1) is 23.2. The molecule has 2 N–H and O–H groups in total. The number of aromatic nitrogens is 2. The van der Waals surface area contributed by atoms with Gasteiger partial charge in [0, 0.05) is 24.3 Å². The zero-order chi connectivity index (χ0) is 24.6. The molecule has 180 valence electrons. The third-order valence-electron chi connectivity index (χ3n) is 6.33. The number of aryl methyl sites for hydroxylation is 1. The number of rotatable bonds is 5. The molecule has 0 radical (unpaired) electrons. The quantitative estimate of drug-likeness (QED) is 0.422. The van der Waals surface area contributed by atoms with Crippen LogP contribution >= 0.6 is 0 Å². The van der Waals surface area contributed by atoms with Crippen molar-refractivity contribution >= 4 is 32.7 Å². The van der Waals surface area contributed by atoms with Crippen LogP contribution in [0, 0.1) is 18.7 Å². The summed E-state index contributed by atoms with van der Waals surface area (Å²) >= 11 is 0. The number of carbonyl (C=O) groups excluding carboxylic acids is 1. The van der Waals surface area contributed by atoms with E-state index >= 15 is 0 Å². The summed E-state index contributed by atoms with van der Waals surface area (Å²) in [6.45, 7) is 2.05. The average Bonchev–Trinajstić information content (AvgIpc) is 3.30. The summed E-state index contributed by atoms with van der Waals surface area (Å²) in [6, 6.07) is 18.9. The molecular formula is C26H25FN4O3S. The molecule has 5 rings (SSSR count). The molecule has 1 fully saturated rings. The normalized spacial score (nSPS) is 16.9. The highest BCUT2D eigenvalue weighted by Crippen LogP contribution is 2.28. The van der Waals surface area contributed by atoms with Gasteiger partial charge in [-0.1, -0.05) is 36.4 Å². The van der Waals surface area contributed by atoms with Gasteiger partial charge in [0.15, 0.2) is 0 Å². The van der Waals surface area contributed by atoms with Crippen LogP contribution in [0.25, 0.3) is 22.4 Å². The van der Waals surface area contributed by atoms with E-state index in [4.69, 9.17) is 0 Å². The van der Waals surface area contributed by atoms with Crippen LogP contribution in [0.15, 0.2) is 71.6 Å². The Hall–Kier alpha value is -3.56. The van der Waals surface area contributed by atoms with Gasteiger partial charge in [-0.2, -0.15) is 4.31 Å². The molecule has 0 aliphatic carbocycles. The zero-order valence-electron chi connectivity index (χ0n) is 19.2. The summed E-state index contributed by atoms with van der Waals surface area (Å²) in [7, 11) is -3.81. The molecule has 0 unspecified atom stereocenters. The second-order valence-corrected chi connectivity index (χ2v) is 10.7. The SMILES string of the molecule is Cc1ccc(NC(=O)[C@H]2CCCN(S(=O)(=O)c3ccc4nc(-c5ccccc5)[nH]c4c3)C2)cc1F. The van der Waals surface area contributed by atoms with E-state index in [0.717, 1.165) is 5.56 Å². The number of benzene rings is 3. The van der Waals surface area contributed by atoms with Crippen LogP contribution in [0.5, 0.6) is 0 Å². The standard InChI is InChI=1S/C26H25FN4O3S/c1-17-9-10-20(14-22(17)27)28-26(32)19-8-5-13-31(16-19)35(33,34)21-11-12-23-24(15-21)30-25(29-23)18-6-3-2-4-7-18/h2-4,6-7,9-12,14-15,19H,5,8,13,16H2,1H3,(H,28,32)(H,29,30)/t19-/m0/s1. The van der Waals surface area contributed by atoms with Crippen molar-refractivity contribution in [3.05, 3.63) is 78.1 Å². The highest BCUT2D eigenvalue weighted by atomic mass is 32.2. The maximum Gasteiger partial charge on any atom is 0.243 e. The molecule has 2 heterocycles. The maximum absolute atomic E-state index is 13.8. The number of fused-ring (bicyclic) bond motifs is 1. The topological polar surface area (TPSA) is 95.2 Å². The van der Waals surface area contributed by atoms with Crippen LogP contribution in [-0.2, 0) is 14.8 Å². The third-order valence-corrected chi connectivity index (χ3v) is 8.19. The molecule has 1 atom stereocenters. The first-order valence-electron chi connectivity index (χ1n) is 11.4. The second kappa shape index (κ2) is 9.24. The molecule has 0 bridgehead atoms. The number of sulfonamides is 1. The molecule has 9 heteroatoms. The molecule has 0 saturated carbocycles. The van der Waals surface area contributed by atoms with Gasteiger partial charge in [-0.15, -0.1) is 0 Å². The van der Waals surface area contributed by atoms with E-state index in [2.05, 4.69) is 15.3 Å². The molecule has 0 spiro atoms. The molecule has 1 aliphatic heterocycles. The highest BCUT2D eigenvalue weighted by molar-refractivity contribution is 7.89. The van der Waals surface area contributed by atoms with Gasteiger partial charge in [-0.25, -0.2) is 17.8 Å². The van der Waals surface area contributed by atoms with Crippen LogP contribution in [0.3, 0.4) is 0 Å².